The number of halogens is 3. The van der Waals surface area contributed by atoms with Gasteiger partial charge in [-0.3, -0.25) is 0 Å². The third kappa shape index (κ3) is 8.88. The van der Waals surface area contributed by atoms with E-state index in [0.717, 1.165) is 18.2 Å². The van der Waals surface area contributed by atoms with Crippen molar-refractivity contribution in [3.05, 3.63) is 109 Å². The van der Waals surface area contributed by atoms with Gasteiger partial charge in [-0.25, -0.2) is 4.39 Å². The van der Waals surface area contributed by atoms with Crippen molar-refractivity contribution < 1.29 is 27.8 Å². The molecule has 0 aliphatic carbocycles. The highest BCUT2D eigenvalue weighted by Gasteiger charge is 2.13. The van der Waals surface area contributed by atoms with Gasteiger partial charge >= 0.3 is 0 Å². The lowest BCUT2D eigenvalue weighted by atomic mass is 10.1. The molecule has 1 rings (SSSR count). The Hall–Kier alpha value is -3.41. The first-order valence-corrected chi connectivity index (χ1v) is 8.30. The highest BCUT2D eigenvalue weighted by molar-refractivity contribution is 5.46. The van der Waals surface area contributed by atoms with Gasteiger partial charge < -0.3 is 14.6 Å². The maximum atomic E-state index is 13.6. The van der Waals surface area contributed by atoms with Crippen LogP contribution in [0.4, 0.5) is 13.2 Å². The molecule has 0 saturated heterocycles. The molecule has 0 aromatic heterocycles. The number of phenolic OH excluding ortho intramolecular Hbond substituents is 1. The van der Waals surface area contributed by atoms with Crippen LogP contribution >= 0.6 is 0 Å². The number of ether oxygens (including phenoxy) is 2. The first kappa shape index (κ1) is 25.6. The Morgan fingerprint density at radius 3 is 2.21 bits per heavy atom. The number of phenols is 1. The van der Waals surface area contributed by atoms with Crippen molar-refractivity contribution in [2.24, 2.45) is 0 Å². The van der Waals surface area contributed by atoms with E-state index in [1.807, 2.05) is 6.92 Å². The Labute approximate surface area is 169 Å². The quantitative estimate of drug-likeness (QED) is 0.290. The highest BCUT2D eigenvalue weighted by Crippen LogP contribution is 2.26. The molecule has 0 spiro atoms. The van der Waals surface area contributed by atoms with Gasteiger partial charge in [-0.2, -0.15) is 8.78 Å². The number of hydrogen-bond donors (Lipinski definition) is 1. The molecule has 29 heavy (non-hydrogen) atoms. The molecule has 1 aromatic carbocycles. The topological polar surface area (TPSA) is 38.7 Å². The highest BCUT2D eigenvalue weighted by atomic mass is 19.2. The van der Waals surface area contributed by atoms with Gasteiger partial charge in [0.2, 0.25) is 11.6 Å². The number of benzene rings is 1. The maximum absolute atomic E-state index is 13.6. The lowest BCUT2D eigenvalue weighted by Gasteiger charge is -2.08. The van der Waals surface area contributed by atoms with Crippen LogP contribution in [-0.4, -0.2) is 18.8 Å². The van der Waals surface area contributed by atoms with E-state index in [1.165, 1.54) is 19.3 Å². The molecule has 0 aliphatic heterocycles. The van der Waals surface area contributed by atoms with Crippen LogP contribution in [0.5, 0.6) is 11.5 Å². The summed E-state index contributed by atoms with van der Waals surface area (Å²) in [5.74, 6) is -4.66. The van der Waals surface area contributed by atoms with Crippen molar-refractivity contribution in [2.45, 2.75) is 6.92 Å². The molecule has 1 aromatic rings. The molecule has 0 unspecified atom stereocenters. The van der Waals surface area contributed by atoms with Gasteiger partial charge in [0.05, 0.1) is 7.11 Å². The SMILES string of the molecule is C=C(/C=C\C(=C)C(=C)/C=C(/F)C(=C)OC)COc1ccc(O)c(F)c1F.C=CC. The van der Waals surface area contributed by atoms with Crippen molar-refractivity contribution in [3.8, 4) is 11.5 Å². The van der Waals surface area contributed by atoms with Crippen molar-refractivity contribution in [2.75, 3.05) is 13.7 Å². The van der Waals surface area contributed by atoms with Gasteiger partial charge in [0.1, 0.15) is 12.4 Å². The maximum Gasteiger partial charge on any atom is 0.204 e. The summed E-state index contributed by atoms with van der Waals surface area (Å²) in [4.78, 5) is 0. The molecule has 0 amide bonds. The Kier molecular flexibility index (Phi) is 11.4. The van der Waals surface area contributed by atoms with Crippen LogP contribution in [0.3, 0.4) is 0 Å². The fraction of sp³-hybridized carbons (Fsp3) is 0.130. The van der Waals surface area contributed by atoms with Crippen LogP contribution in [-0.2, 0) is 4.74 Å². The van der Waals surface area contributed by atoms with E-state index in [9.17, 15) is 13.2 Å². The summed E-state index contributed by atoms with van der Waals surface area (Å²) in [6, 6.07) is 2.08. The van der Waals surface area contributed by atoms with Crippen LogP contribution < -0.4 is 4.74 Å². The van der Waals surface area contributed by atoms with Crippen LogP contribution in [0, 0.1) is 11.6 Å². The average molecular weight is 406 g/mol. The van der Waals surface area contributed by atoms with Crippen molar-refractivity contribution in [1.82, 2.24) is 0 Å². The number of aromatic hydroxyl groups is 1. The Bertz CT molecular complexity index is 849. The van der Waals surface area contributed by atoms with Crippen LogP contribution in [0.25, 0.3) is 0 Å². The Balaban J connectivity index is 0.00000245. The normalized spacial score (nSPS) is 10.6. The summed E-state index contributed by atoms with van der Waals surface area (Å²) in [5, 5.41) is 9.05. The molecular weight excluding hydrogens is 381 g/mol. The van der Waals surface area contributed by atoms with E-state index in [4.69, 9.17) is 9.84 Å². The van der Waals surface area contributed by atoms with Crippen LogP contribution in [0.15, 0.2) is 97.6 Å². The zero-order chi connectivity index (χ0) is 22.6. The van der Waals surface area contributed by atoms with Gasteiger partial charge in [-0.05, 0) is 41.9 Å². The summed E-state index contributed by atoms with van der Waals surface area (Å²) < 4.78 is 50.2. The van der Waals surface area contributed by atoms with Crippen molar-refractivity contribution in [1.29, 1.82) is 0 Å². The molecule has 0 aliphatic rings. The largest absolute Gasteiger partial charge is 0.505 e. The van der Waals surface area contributed by atoms with Gasteiger partial charge in [0.15, 0.2) is 17.3 Å². The first-order chi connectivity index (χ1) is 13.6. The minimum atomic E-state index is -1.39. The molecule has 0 radical (unpaired) electrons. The van der Waals surface area contributed by atoms with Gasteiger partial charge in [0, 0.05) is 0 Å². The average Bonchev–Trinajstić information content (AvgIpc) is 2.69. The van der Waals surface area contributed by atoms with Gasteiger partial charge in [0.25, 0.3) is 0 Å². The third-order valence-corrected chi connectivity index (χ3v) is 3.19. The Morgan fingerprint density at radius 2 is 1.66 bits per heavy atom. The number of hydrogen-bond acceptors (Lipinski definition) is 3. The number of allylic oxidation sites excluding steroid dienone is 6. The summed E-state index contributed by atoms with van der Waals surface area (Å²) in [7, 11) is 1.29. The minimum absolute atomic E-state index is 0.135. The predicted molar refractivity (Wildman–Crippen MR) is 111 cm³/mol. The van der Waals surface area contributed by atoms with E-state index in [1.54, 1.807) is 6.08 Å². The first-order valence-electron chi connectivity index (χ1n) is 8.30. The van der Waals surface area contributed by atoms with E-state index in [-0.39, 0.29) is 23.7 Å². The second kappa shape index (κ2) is 12.9. The minimum Gasteiger partial charge on any atom is -0.505 e. The van der Waals surface area contributed by atoms with Gasteiger partial charge in [-0.15, -0.1) is 6.58 Å². The number of methoxy groups -OCH3 is 1. The molecule has 0 atom stereocenters. The van der Waals surface area contributed by atoms with Crippen molar-refractivity contribution in [3.63, 3.8) is 0 Å². The summed E-state index contributed by atoms with van der Waals surface area (Å²) in [6.45, 7) is 19.6. The molecule has 6 heteroatoms. The van der Waals surface area contributed by atoms with Gasteiger partial charge in [-0.1, -0.05) is 44.5 Å². The zero-order valence-electron chi connectivity index (χ0n) is 16.6. The van der Waals surface area contributed by atoms with E-state index in [2.05, 4.69) is 37.6 Å². The molecule has 0 fully saturated rings. The summed E-state index contributed by atoms with van der Waals surface area (Å²) in [5.41, 5.74) is 1.10. The molecule has 0 saturated carbocycles. The molecule has 156 valence electrons. The molecule has 0 heterocycles. The predicted octanol–water partition coefficient (Wildman–Crippen LogP) is 6.48. The standard InChI is InChI=1S/C20H19F3O3.C3H6/c1-12(11-26-18-9-8-17(24)19(22)20(18)23)6-7-13(2)14(3)10-16(21)15(4)25-5;1-3-2/h6-10,24H,1-4,11H2,5H3;3H,1H2,2H3/b7-6-,16-10+;. The molecule has 3 nitrogen and oxygen atoms in total. The lowest BCUT2D eigenvalue weighted by molar-refractivity contribution is 0.285. The second-order valence-corrected chi connectivity index (χ2v) is 5.57. The fourth-order valence-electron chi connectivity index (χ4n) is 1.60. The monoisotopic (exact) mass is 406 g/mol. The number of rotatable bonds is 9. The fourth-order valence-corrected chi connectivity index (χ4v) is 1.60. The lowest BCUT2D eigenvalue weighted by Crippen LogP contribution is -2.01. The summed E-state index contributed by atoms with van der Waals surface area (Å²) >= 11 is 0. The zero-order valence-corrected chi connectivity index (χ0v) is 16.6. The van der Waals surface area contributed by atoms with E-state index in [0.29, 0.717) is 11.1 Å². The smallest absolute Gasteiger partial charge is 0.204 e. The molecule has 0 bridgehead atoms. The van der Waals surface area contributed by atoms with Crippen molar-refractivity contribution >= 4 is 0 Å². The van der Waals surface area contributed by atoms with E-state index < -0.39 is 23.2 Å². The summed E-state index contributed by atoms with van der Waals surface area (Å²) in [6.07, 6.45) is 5.90. The second-order valence-electron chi connectivity index (χ2n) is 5.57. The van der Waals surface area contributed by atoms with Crippen LogP contribution in [0.1, 0.15) is 6.92 Å². The Morgan fingerprint density at radius 1 is 1.07 bits per heavy atom. The molecule has 1 N–H and O–H groups in total. The molecular formula is C23H25F3O3. The third-order valence-electron chi connectivity index (χ3n) is 3.19. The van der Waals surface area contributed by atoms with Crippen LogP contribution in [0.2, 0.25) is 0 Å². The van der Waals surface area contributed by atoms with E-state index >= 15 is 0 Å².